The van der Waals surface area contributed by atoms with Crippen molar-refractivity contribution < 1.29 is 14.3 Å². The van der Waals surface area contributed by atoms with Crippen molar-refractivity contribution in [3.63, 3.8) is 0 Å². The number of carbonyl (C=O) groups is 1. The van der Waals surface area contributed by atoms with Crippen molar-refractivity contribution in [3.8, 4) is 6.07 Å². The minimum absolute atomic E-state index is 0.00216. The normalized spacial score (nSPS) is 46.5. The fourth-order valence-electron chi connectivity index (χ4n) is 8.31. The molecule has 0 saturated heterocycles. The largest absolute Gasteiger partial charge is 0.390 e. The Labute approximate surface area is 184 Å². The molecule has 0 amide bonds. The molecule has 4 aliphatic rings. The molecule has 31 heavy (non-hydrogen) atoms. The van der Waals surface area contributed by atoms with E-state index in [0.29, 0.717) is 42.1 Å². The number of ketones is 1. The Balaban J connectivity index is 1.33. The third kappa shape index (κ3) is 3.44. The Bertz CT molecular complexity index is 905. The van der Waals surface area contributed by atoms with E-state index in [9.17, 15) is 9.90 Å². The summed E-state index contributed by atoms with van der Waals surface area (Å²) in [6.45, 7) is 4.36. The van der Waals surface area contributed by atoms with Gasteiger partial charge in [-0.1, -0.05) is 6.92 Å². The number of Topliss-reactive ketones (excluding diaryl/α,β-unsaturated/α-hetero) is 1. The molecule has 1 heterocycles. The Hall–Kier alpha value is -1.74. The second-order valence-corrected chi connectivity index (χ2v) is 11.4. The van der Waals surface area contributed by atoms with E-state index < -0.39 is 11.8 Å². The number of nitrogens with zero attached hydrogens (tertiary/aromatic N) is 3. The van der Waals surface area contributed by atoms with Crippen LogP contribution in [-0.2, 0) is 11.3 Å². The van der Waals surface area contributed by atoms with Crippen LogP contribution in [0.5, 0.6) is 0 Å². The van der Waals surface area contributed by atoms with E-state index >= 15 is 4.39 Å². The molecule has 5 rings (SSSR count). The van der Waals surface area contributed by atoms with E-state index in [1.54, 1.807) is 10.9 Å². The van der Waals surface area contributed by atoms with Crippen molar-refractivity contribution in [3.05, 3.63) is 18.0 Å². The zero-order chi connectivity index (χ0) is 22.0. The zero-order valence-electron chi connectivity index (χ0n) is 18.6. The van der Waals surface area contributed by atoms with Gasteiger partial charge in [0, 0.05) is 12.1 Å². The maximum Gasteiger partial charge on any atom is 0.157 e. The van der Waals surface area contributed by atoms with Crippen molar-refractivity contribution in [2.45, 2.75) is 83.5 Å². The van der Waals surface area contributed by atoms with Crippen LogP contribution in [0.25, 0.3) is 0 Å². The minimum Gasteiger partial charge on any atom is -0.390 e. The van der Waals surface area contributed by atoms with Gasteiger partial charge < -0.3 is 5.11 Å². The number of hydrogen-bond donors (Lipinski definition) is 1. The number of alkyl halides is 1. The Morgan fingerprint density at radius 1 is 1.23 bits per heavy atom. The monoisotopic (exact) mass is 427 g/mol. The molecule has 1 unspecified atom stereocenters. The van der Waals surface area contributed by atoms with E-state index in [1.165, 1.54) is 6.20 Å². The van der Waals surface area contributed by atoms with E-state index in [2.05, 4.69) is 18.1 Å². The average molecular weight is 428 g/mol. The highest BCUT2D eigenvalue weighted by molar-refractivity contribution is 5.82. The smallest absolute Gasteiger partial charge is 0.157 e. The van der Waals surface area contributed by atoms with Crippen LogP contribution in [0.3, 0.4) is 0 Å². The number of fused-ring (bicyclic) bond motifs is 5. The first-order valence-corrected chi connectivity index (χ1v) is 12.0. The van der Waals surface area contributed by atoms with Crippen molar-refractivity contribution in [2.24, 2.45) is 40.9 Å². The summed E-state index contributed by atoms with van der Waals surface area (Å²) >= 11 is 0. The third-order valence-corrected chi connectivity index (χ3v) is 9.71. The molecule has 0 radical (unpaired) electrons. The molecule has 9 atom stereocenters. The standard InChI is InChI=1S/C25H34FN3O2/c1-24(31)7-5-17-16-6-8-25(2)20(18(16)9-22(26)19(17)10-24)3-4-21(25)23(30)14-29-13-15(11-27)12-28-29/h12-13,16-22,31H,3-10,14H2,1-2H3/t16-,17-,18-,19+,20+,21?,22-,24-,25+/m1/s1. The first kappa shape index (κ1) is 21.1. The molecule has 6 heteroatoms. The Morgan fingerprint density at radius 2 is 1.97 bits per heavy atom. The van der Waals surface area contributed by atoms with Crippen LogP contribution in [0, 0.1) is 52.3 Å². The lowest BCUT2D eigenvalue weighted by molar-refractivity contribution is -0.139. The van der Waals surface area contributed by atoms with Crippen molar-refractivity contribution in [1.82, 2.24) is 9.78 Å². The maximum atomic E-state index is 15.4. The maximum absolute atomic E-state index is 15.4. The molecular weight excluding hydrogens is 393 g/mol. The van der Waals surface area contributed by atoms with Crippen LogP contribution in [0.15, 0.2) is 12.4 Å². The summed E-state index contributed by atoms with van der Waals surface area (Å²) in [5.74, 6) is 1.92. The molecule has 1 N–H and O–H groups in total. The van der Waals surface area contributed by atoms with Gasteiger partial charge in [-0.25, -0.2) is 4.39 Å². The zero-order valence-corrected chi connectivity index (χ0v) is 18.6. The summed E-state index contributed by atoms with van der Waals surface area (Å²) in [5, 5.41) is 23.7. The highest BCUT2D eigenvalue weighted by Gasteiger charge is 2.60. The van der Waals surface area contributed by atoms with E-state index in [1.807, 2.05) is 6.92 Å². The van der Waals surface area contributed by atoms with E-state index in [4.69, 9.17) is 5.26 Å². The van der Waals surface area contributed by atoms with Crippen LogP contribution in [0.2, 0.25) is 0 Å². The van der Waals surface area contributed by atoms with Crippen molar-refractivity contribution in [2.75, 3.05) is 0 Å². The van der Waals surface area contributed by atoms with Gasteiger partial charge in [0.2, 0.25) is 0 Å². The third-order valence-electron chi connectivity index (χ3n) is 9.71. The quantitative estimate of drug-likeness (QED) is 0.780. The highest BCUT2D eigenvalue weighted by atomic mass is 19.1. The second kappa shape index (κ2) is 7.40. The number of aliphatic hydroxyl groups is 1. The average Bonchev–Trinajstić information content (AvgIpc) is 3.31. The van der Waals surface area contributed by atoms with Crippen molar-refractivity contribution >= 4 is 5.78 Å². The van der Waals surface area contributed by atoms with Gasteiger partial charge in [-0.3, -0.25) is 9.48 Å². The van der Waals surface area contributed by atoms with Crippen LogP contribution in [0.4, 0.5) is 4.39 Å². The van der Waals surface area contributed by atoms with Gasteiger partial charge >= 0.3 is 0 Å². The number of nitriles is 1. The molecule has 4 fully saturated rings. The van der Waals surface area contributed by atoms with Crippen LogP contribution >= 0.6 is 0 Å². The fourth-order valence-corrected chi connectivity index (χ4v) is 8.31. The van der Waals surface area contributed by atoms with Gasteiger partial charge in [0.25, 0.3) is 0 Å². The minimum atomic E-state index is -0.830. The summed E-state index contributed by atoms with van der Waals surface area (Å²) in [4.78, 5) is 13.3. The molecule has 5 nitrogen and oxygen atoms in total. The van der Waals surface area contributed by atoms with Crippen LogP contribution in [0.1, 0.15) is 70.8 Å². The molecule has 0 aromatic carbocycles. The Kier molecular flexibility index (Phi) is 5.04. The molecule has 0 aliphatic heterocycles. The van der Waals surface area contributed by atoms with Gasteiger partial charge in [-0.2, -0.15) is 10.4 Å². The van der Waals surface area contributed by atoms with Gasteiger partial charge in [-0.15, -0.1) is 0 Å². The molecule has 0 spiro atoms. The van der Waals surface area contributed by atoms with Crippen LogP contribution < -0.4 is 0 Å². The lowest BCUT2D eigenvalue weighted by Crippen LogP contribution is -2.54. The molecule has 168 valence electrons. The summed E-state index contributed by atoms with van der Waals surface area (Å²) in [7, 11) is 0. The number of rotatable bonds is 3. The summed E-state index contributed by atoms with van der Waals surface area (Å²) in [6.07, 6.45) is 9.24. The number of carbonyl (C=O) groups excluding carboxylic acids is 1. The molecular formula is C25H34FN3O2. The Morgan fingerprint density at radius 3 is 2.71 bits per heavy atom. The lowest BCUT2D eigenvalue weighted by atomic mass is 9.48. The van der Waals surface area contributed by atoms with Crippen LogP contribution in [-0.4, -0.2) is 32.4 Å². The first-order valence-electron chi connectivity index (χ1n) is 12.0. The molecule has 0 bridgehead atoms. The summed E-state index contributed by atoms with van der Waals surface area (Å²) in [6, 6.07) is 2.06. The van der Waals surface area contributed by atoms with Gasteiger partial charge in [0.1, 0.15) is 12.2 Å². The second-order valence-electron chi connectivity index (χ2n) is 11.4. The van der Waals surface area contributed by atoms with E-state index in [-0.39, 0.29) is 29.6 Å². The fraction of sp³-hybridized carbons (Fsp3) is 0.800. The molecule has 4 aliphatic carbocycles. The summed E-state index contributed by atoms with van der Waals surface area (Å²) < 4.78 is 17.0. The number of hydrogen-bond acceptors (Lipinski definition) is 4. The predicted molar refractivity (Wildman–Crippen MR) is 113 cm³/mol. The van der Waals surface area contributed by atoms with Crippen molar-refractivity contribution in [1.29, 1.82) is 5.26 Å². The van der Waals surface area contributed by atoms with Gasteiger partial charge in [0.05, 0.1) is 23.9 Å². The topological polar surface area (TPSA) is 78.9 Å². The number of aromatic nitrogens is 2. The SMILES string of the molecule is C[C@@]1(O)CC[C@@H]2[C@H]3CC[C@]4(C)C(C(=O)Cn5cc(C#N)cn5)CC[C@H]4[C@@H]3C[C@@H](F)[C@H]2C1. The molecule has 4 saturated carbocycles. The molecule has 1 aromatic heterocycles. The summed E-state index contributed by atoms with van der Waals surface area (Å²) in [5.41, 5.74) is -0.304. The predicted octanol–water partition coefficient (Wildman–Crippen LogP) is 4.29. The van der Waals surface area contributed by atoms with E-state index in [0.717, 1.165) is 38.5 Å². The van der Waals surface area contributed by atoms with Gasteiger partial charge in [0.15, 0.2) is 5.78 Å². The highest BCUT2D eigenvalue weighted by Crippen LogP contribution is 2.65. The number of halogens is 1. The van der Waals surface area contributed by atoms with Gasteiger partial charge in [-0.05, 0) is 93.3 Å². The molecule has 1 aromatic rings. The first-order chi connectivity index (χ1) is 14.7. The lowest BCUT2D eigenvalue weighted by Gasteiger charge is -2.57.